The molecule has 18 heavy (non-hydrogen) atoms. The molecule has 0 aliphatic carbocycles. The van der Waals surface area contributed by atoms with Gasteiger partial charge in [0.25, 0.3) is 0 Å². The molecule has 0 aliphatic rings. The highest BCUT2D eigenvalue weighted by atomic mass is 19.1. The van der Waals surface area contributed by atoms with Crippen molar-refractivity contribution in [1.82, 2.24) is 4.98 Å². The van der Waals surface area contributed by atoms with Crippen LogP contribution in [0.4, 0.5) is 10.1 Å². The highest BCUT2D eigenvalue weighted by Crippen LogP contribution is 2.29. The first kappa shape index (κ1) is 12.2. The van der Waals surface area contributed by atoms with Crippen molar-refractivity contribution in [3.63, 3.8) is 0 Å². The van der Waals surface area contributed by atoms with Crippen LogP contribution in [0, 0.1) is 5.95 Å². The number of halogens is 1. The zero-order chi connectivity index (χ0) is 13.1. The third-order valence-corrected chi connectivity index (χ3v) is 2.59. The van der Waals surface area contributed by atoms with Crippen molar-refractivity contribution < 1.29 is 14.6 Å². The van der Waals surface area contributed by atoms with Gasteiger partial charge in [-0.25, -0.2) is 4.98 Å². The molecule has 2 rings (SSSR count). The van der Waals surface area contributed by atoms with E-state index in [4.69, 9.17) is 0 Å². The van der Waals surface area contributed by atoms with Gasteiger partial charge in [-0.1, -0.05) is 0 Å². The number of rotatable bonds is 3. The molecule has 0 spiro atoms. The lowest BCUT2D eigenvalue weighted by molar-refractivity contribution is 0.451. The number of hydrogen-bond acceptors (Lipinski definition) is 4. The fourth-order valence-electron chi connectivity index (χ4n) is 1.68. The fourth-order valence-corrected chi connectivity index (χ4v) is 1.68. The first-order valence-electron chi connectivity index (χ1n) is 5.46. The van der Waals surface area contributed by atoms with Gasteiger partial charge in [0.05, 0.1) is 17.9 Å². The Balaban J connectivity index is 2.18. The second kappa shape index (κ2) is 4.91. The Bertz CT molecular complexity index is 543. The first-order chi connectivity index (χ1) is 8.56. The maximum absolute atomic E-state index is 12.7. The lowest BCUT2D eigenvalue weighted by Crippen LogP contribution is -2.07. The van der Waals surface area contributed by atoms with Gasteiger partial charge in [0.2, 0.25) is 5.95 Å². The number of phenolic OH excluding ortho intramolecular Hbond substituents is 2. The standard InChI is InChI=1S/C13H13FN2O2/c1-8(11-6-10(17)3-4-12(11)18)16-9-2-5-13(14)15-7-9/h2-8,16-18H,1H3. The summed E-state index contributed by atoms with van der Waals surface area (Å²) >= 11 is 0. The van der Waals surface area contributed by atoms with E-state index in [2.05, 4.69) is 10.3 Å². The van der Waals surface area contributed by atoms with Crippen LogP contribution in [0.25, 0.3) is 0 Å². The molecule has 0 fully saturated rings. The van der Waals surface area contributed by atoms with Crippen LogP contribution in [0.3, 0.4) is 0 Å². The first-order valence-corrected chi connectivity index (χ1v) is 5.46. The lowest BCUT2D eigenvalue weighted by atomic mass is 10.1. The molecular weight excluding hydrogens is 235 g/mol. The van der Waals surface area contributed by atoms with Crippen LogP contribution in [0.15, 0.2) is 36.5 Å². The van der Waals surface area contributed by atoms with Gasteiger partial charge >= 0.3 is 0 Å². The molecule has 1 atom stereocenters. The predicted octanol–water partition coefficient (Wildman–Crippen LogP) is 2.81. The van der Waals surface area contributed by atoms with Crippen molar-refractivity contribution in [1.29, 1.82) is 0 Å². The zero-order valence-electron chi connectivity index (χ0n) is 9.76. The van der Waals surface area contributed by atoms with Crippen LogP contribution in [0.5, 0.6) is 11.5 Å². The van der Waals surface area contributed by atoms with E-state index < -0.39 is 5.95 Å². The minimum atomic E-state index is -0.548. The Morgan fingerprint density at radius 3 is 2.67 bits per heavy atom. The summed E-state index contributed by atoms with van der Waals surface area (Å²) in [6.45, 7) is 1.82. The van der Waals surface area contributed by atoms with Gasteiger partial charge in [0, 0.05) is 5.56 Å². The number of aromatic nitrogens is 1. The van der Waals surface area contributed by atoms with Crippen molar-refractivity contribution in [3.8, 4) is 11.5 Å². The van der Waals surface area contributed by atoms with Gasteiger partial charge < -0.3 is 15.5 Å². The highest BCUT2D eigenvalue weighted by molar-refractivity contribution is 5.47. The average molecular weight is 248 g/mol. The Labute approximate surface area is 104 Å². The minimum Gasteiger partial charge on any atom is -0.508 e. The van der Waals surface area contributed by atoms with E-state index in [1.807, 2.05) is 6.92 Å². The molecule has 0 saturated heterocycles. The molecular formula is C13H13FN2O2. The highest BCUT2D eigenvalue weighted by Gasteiger charge is 2.11. The zero-order valence-corrected chi connectivity index (χ0v) is 9.76. The predicted molar refractivity (Wildman–Crippen MR) is 66.0 cm³/mol. The molecule has 1 aromatic heterocycles. The van der Waals surface area contributed by atoms with E-state index in [1.54, 1.807) is 6.07 Å². The normalized spacial score (nSPS) is 12.1. The quantitative estimate of drug-likeness (QED) is 0.577. The monoisotopic (exact) mass is 248 g/mol. The molecule has 0 saturated carbocycles. The van der Waals surface area contributed by atoms with E-state index in [0.717, 1.165) is 0 Å². The van der Waals surface area contributed by atoms with Crippen LogP contribution in [-0.4, -0.2) is 15.2 Å². The number of benzene rings is 1. The second-order valence-corrected chi connectivity index (χ2v) is 3.98. The summed E-state index contributed by atoms with van der Waals surface area (Å²) in [5.41, 5.74) is 1.19. The van der Waals surface area contributed by atoms with Crippen LogP contribution >= 0.6 is 0 Å². The number of aromatic hydroxyl groups is 2. The smallest absolute Gasteiger partial charge is 0.212 e. The Kier molecular flexibility index (Phi) is 3.32. The molecule has 5 heteroatoms. The Hall–Kier alpha value is -2.30. The van der Waals surface area contributed by atoms with Gasteiger partial charge in [0.15, 0.2) is 0 Å². The second-order valence-electron chi connectivity index (χ2n) is 3.98. The third kappa shape index (κ3) is 2.68. The number of phenols is 2. The molecule has 2 aromatic rings. The van der Waals surface area contributed by atoms with Crippen LogP contribution in [-0.2, 0) is 0 Å². The molecule has 1 unspecified atom stereocenters. The van der Waals surface area contributed by atoms with Crippen molar-refractivity contribution in [3.05, 3.63) is 48.0 Å². The summed E-state index contributed by atoms with van der Waals surface area (Å²) in [6.07, 6.45) is 1.37. The molecule has 94 valence electrons. The summed E-state index contributed by atoms with van der Waals surface area (Å²) < 4.78 is 12.7. The largest absolute Gasteiger partial charge is 0.508 e. The Morgan fingerprint density at radius 2 is 2.00 bits per heavy atom. The van der Waals surface area contributed by atoms with Crippen LogP contribution in [0.1, 0.15) is 18.5 Å². The van der Waals surface area contributed by atoms with Crippen molar-refractivity contribution in [2.75, 3.05) is 5.32 Å². The summed E-state index contributed by atoms with van der Waals surface area (Å²) in [6, 6.07) is 6.86. The molecule has 0 amide bonds. The topological polar surface area (TPSA) is 65.4 Å². The summed E-state index contributed by atoms with van der Waals surface area (Å²) in [7, 11) is 0. The van der Waals surface area contributed by atoms with Gasteiger partial charge in [-0.2, -0.15) is 4.39 Å². The molecule has 3 N–H and O–H groups in total. The number of nitrogens with zero attached hydrogens (tertiary/aromatic N) is 1. The van der Waals surface area contributed by atoms with E-state index in [9.17, 15) is 14.6 Å². The van der Waals surface area contributed by atoms with E-state index in [-0.39, 0.29) is 17.5 Å². The van der Waals surface area contributed by atoms with Crippen molar-refractivity contribution >= 4 is 5.69 Å². The Morgan fingerprint density at radius 1 is 1.22 bits per heavy atom. The van der Waals surface area contributed by atoms with Crippen LogP contribution in [0.2, 0.25) is 0 Å². The van der Waals surface area contributed by atoms with E-state index >= 15 is 0 Å². The summed E-state index contributed by atoms with van der Waals surface area (Å²) in [4.78, 5) is 3.52. The molecule has 1 aromatic carbocycles. The number of anilines is 1. The van der Waals surface area contributed by atoms with E-state index in [0.29, 0.717) is 11.3 Å². The number of nitrogens with one attached hydrogen (secondary N) is 1. The third-order valence-electron chi connectivity index (χ3n) is 2.59. The van der Waals surface area contributed by atoms with Crippen molar-refractivity contribution in [2.45, 2.75) is 13.0 Å². The molecule has 0 radical (unpaired) electrons. The minimum absolute atomic E-state index is 0.0775. The molecule has 4 nitrogen and oxygen atoms in total. The molecule has 0 aliphatic heterocycles. The van der Waals surface area contributed by atoms with Gasteiger partial charge in [-0.15, -0.1) is 0 Å². The van der Waals surface area contributed by atoms with Gasteiger partial charge in [-0.05, 0) is 37.3 Å². The maximum Gasteiger partial charge on any atom is 0.212 e. The SMILES string of the molecule is CC(Nc1ccc(F)nc1)c1cc(O)ccc1O. The number of hydrogen-bond donors (Lipinski definition) is 3. The lowest BCUT2D eigenvalue weighted by Gasteiger charge is -2.16. The maximum atomic E-state index is 12.7. The van der Waals surface area contributed by atoms with Gasteiger partial charge in [-0.3, -0.25) is 0 Å². The van der Waals surface area contributed by atoms with Crippen molar-refractivity contribution in [2.24, 2.45) is 0 Å². The average Bonchev–Trinajstić information content (AvgIpc) is 2.35. The van der Waals surface area contributed by atoms with E-state index in [1.165, 1.54) is 30.5 Å². The molecule has 1 heterocycles. The molecule has 0 bridgehead atoms. The summed E-state index contributed by atoms with van der Waals surface area (Å²) in [5, 5.41) is 22.1. The van der Waals surface area contributed by atoms with Crippen LogP contribution < -0.4 is 5.32 Å². The number of pyridine rings is 1. The fraction of sp³-hybridized carbons (Fsp3) is 0.154. The summed E-state index contributed by atoms with van der Waals surface area (Å²) in [5.74, 6) is -0.384. The van der Waals surface area contributed by atoms with Gasteiger partial charge in [0.1, 0.15) is 11.5 Å².